The van der Waals surface area contributed by atoms with E-state index in [4.69, 9.17) is 11.6 Å². The Morgan fingerprint density at radius 2 is 1.74 bits per heavy atom. The summed E-state index contributed by atoms with van der Waals surface area (Å²) in [5, 5.41) is 24.7. The molecule has 3 aromatic rings. The molecule has 1 heterocycles. The maximum atomic E-state index is 12.4. The van der Waals surface area contributed by atoms with E-state index in [-0.39, 0.29) is 5.56 Å². The molecule has 11 heteroatoms. The van der Waals surface area contributed by atoms with Crippen molar-refractivity contribution < 1.29 is 14.6 Å². The summed E-state index contributed by atoms with van der Waals surface area (Å²) in [4.78, 5) is 36.5. The number of aromatic nitrogens is 2. The molecule has 0 atom stereocenters. The monoisotopic (exact) mass is 387 g/mol. The highest BCUT2D eigenvalue weighted by Crippen LogP contribution is 2.26. The summed E-state index contributed by atoms with van der Waals surface area (Å²) in [5.41, 5.74) is -0.363. The van der Waals surface area contributed by atoms with Crippen LogP contribution in [0.2, 0.25) is 5.02 Å². The van der Waals surface area contributed by atoms with Crippen LogP contribution in [0.15, 0.2) is 55.1 Å². The van der Waals surface area contributed by atoms with Crippen LogP contribution in [0.4, 0.5) is 17.1 Å². The first-order chi connectivity index (χ1) is 12.8. The number of hydrogen-bond acceptors (Lipinski definition) is 6. The minimum atomic E-state index is -0.805. The van der Waals surface area contributed by atoms with Gasteiger partial charge in [-0.3, -0.25) is 25.0 Å². The standard InChI is InChI=1S/C16H10ClN5O5/c17-14-7-11(1-2-15(14)20-4-3-18-9-20)19-16(23)10-5-12(21(24)25)8-13(6-10)22(26)27/h1-9H,(H,19,23). The van der Waals surface area contributed by atoms with E-state index in [1.54, 1.807) is 35.4 Å². The number of carbonyl (C=O) groups is 1. The van der Waals surface area contributed by atoms with Gasteiger partial charge >= 0.3 is 0 Å². The summed E-state index contributed by atoms with van der Waals surface area (Å²) in [7, 11) is 0. The van der Waals surface area contributed by atoms with E-state index in [0.717, 1.165) is 18.2 Å². The molecule has 136 valence electrons. The number of anilines is 1. The van der Waals surface area contributed by atoms with Gasteiger partial charge in [-0.2, -0.15) is 0 Å². The first-order valence-corrected chi connectivity index (χ1v) is 7.76. The van der Waals surface area contributed by atoms with Crippen LogP contribution in [0, 0.1) is 20.2 Å². The smallest absolute Gasteiger partial charge is 0.277 e. The van der Waals surface area contributed by atoms with Crippen LogP contribution in [0.5, 0.6) is 0 Å². The van der Waals surface area contributed by atoms with E-state index < -0.39 is 27.1 Å². The molecule has 0 saturated heterocycles. The SMILES string of the molecule is O=C(Nc1ccc(-n2ccnc2)c(Cl)c1)c1cc([N+](=O)[O-])cc([N+](=O)[O-])c1. The molecule has 3 rings (SSSR count). The molecule has 0 bridgehead atoms. The predicted octanol–water partition coefficient (Wildman–Crippen LogP) is 3.59. The van der Waals surface area contributed by atoms with Crippen molar-refractivity contribution in [3.05, 3.63) is 85.9 Å². The third-order valence-corrected chi connectivity index (χ3v) is 3.88. The lowest BCUT2D eigenvalue weighted by Gasteiger charge is -2.09. The fourth-order valence-corrected chi connectivity index (χ4v) is 2.61. The van der Waals surface area contributed by atoms with Gasteiger partial charge in [0.25, 0.3) is 17.3 Å². The van der Waals surface area contributed by atoms with Crippen LogP contribution in [0.25, 0.3) is 5.69 Å². The van der Waals surface area contributed by atoms with Crippen molar-refractivity contribution >= 4 is 34.6 Å². The van der Waals surface area contributed by atoms with Crippen LogP contribution < -0.4 is 5.32 Å². The summed E-state index contributed by atoms with van der Waals surface area (Å²) in [5.74, 6) is -0.742. The van der Waals surface area contributed by atoms with E-state index in [0.29, 0.717) is 16.4 Å². The Morgan fingerprint density at radius 1 is 1.07 bits per heavy atom. The zero-order valence-electron chi connectivity index (χ0n) is 13.4. The quantitative estimate of drug-likeness (QED) is 0.525. The molecule has 0 spiro atoms. The van der Waals surface area contributed by atoms with E-state index in [1.165, 1.54) is 6.07 Å². The number of rotatable bonds is 5. The molecular weight excluding hydrogens is 378 g/mol. The number of hydrogen-bond donors (Lipinski definition) is 1. The van der Waals surface area contributed by atoms with Gasteiger partial charge in [-0.05, 0) is 18.2 Å². The largest absolute Gasteiger partial charge is 0.322 e. The van der Waals surface area contributed by atoms with Gasteiger partial charge in [0.05, 0.1) is 38.5 Å². The molecule has 27 heavy (non-hydrogen) atoms. The van der Waals surface area contributed by atoms with E-state index in [2.05, 4.69) is 10.3 Å². The number of benzene rings is 2. The number of imidazole rings is 1. The molecular formula is C16H10ClN5O5. The number of nitrogens with one attached hydrogen (secondary N) is 1. The molecule has 0 aliphatic rings. The summed E-state index contributed by atoms with van der Waals surface area (Å²) in [6, 6.07) is 7.42. The van der Waals surface area contributed by atoms with Crippen molar-refractivity contribution in [1.29, 1.82) is 0 Å². The molecule has 0 aliphatic carbocycles. The number of nitro groups is 2. The Morgan fingerprint density at radius 3 is 2.26 bits per heavy atom. The molecule has 0 aliphatic heterocycles. The zero-order chi connectivity index (χ0) is 19.6. The highest BCUT2D eigenvalue weighted by molar-refractivity contribution is 6.32. The molecule has 2 aromatic carbocycles. The number of nitrogens with zero attached hydrogens (tertiary/aromatic N) is 4. The van der Waals surface area contributed by atoms with Gasteiger partial charge in [-0.25, -0.2) is 4.98 Å². The van der Waals surface area contributed by atoms with Crippen LogP contribution in [0.3, 0.4) is 0 Å². The van der Waals surface area contributed by atoms with Gasteiger partial charge in [0.1, 0.15) is 0 Å². The molecule has 0 saturated carbocycles. The average molecular weight is 388 g/mol. The van der Waals surface area contributed by atoms with Crippen LogP contribution in [0.1, 0.15) is 10.4 Å². The number of halogens is 1. The van der Waals surface area contributed by atoms with Crippen molar-refractivity contribution in [2.24, 2.45) is 0 Å². The fourth-order valence-electron chi connectivity index (χ4n) is 2.34. The maximum absolute atomic E-state index is 12.4. The maximum Gasteiger partial charge on any atom is 0.277 e. The Bertz CT molecular complexity index is 1020. The normalized spacial score (nSPS) is 10.4. The molecule has 0 fully saturated rings. The molecule has 0 radical (unpaired) electrons. The molecule has 1 aromatic heterocycles. The Balaban J connectivity index is 1.88. The van der Waals surface area contributed by atoms with Crippen molar-refractivity contribution in [3.63, 3.8) is 0 Å². The first-order valence-electron chi connectivity index (χ1n) is 7.38. The molecule has 1 amide bonds. The molecule has 10 nitrogen and oxygen atoms in total. The molecule has 1 N–H and O–H groups in total. The predicted molar refractivity (Wildman–Crippen MR) is 96.3 cm³/mol. The fraction of sp³-hybridized carbons (Fsp3) is 0. The lowest BCUT2D eigenvalue weighted by atomic mass is 10.1. The van der Waals surface area contributed by atoms with Crippen molar-refractivity contribution in [1.82, 2.24) is 9.55 Å². The number of carbonyl (C=O) groups excluding carboxylic acids is 1. The minimum Gasteiger partial charge on any atom is -0.322 e. The first kappa shape index (κ1) is 18.0. The van der Waals surface area contributed by atoms with Crippen LogP contribution >= 0.6 is 11.6 Å². The average Bonchev–Trinajstić information content (AvgIpc) is 3.15. The van der Waals surface area contributed by atoms with Gasteiger partial charge < -0.3 is 9.88 Å². The van der Waals surface area contributed by atoms with E-state index in [9.17, 15) is 25.0 Å². The van der Waals surface area contributed by atoms with Crippen molar-refractivity contribution in [2.75, 3.05) is 5.32 Å². The van der Waals surface area contributed by atoms with Crippen molar-refractivity contribution in [2.45, 2.75) is 0 Å². The molecule has 0 unspecified atom stereocenters. The van der Waals surface area contributed by atoms with Gasteiger partial charge in [-0.15, -0.1) is 0 Å². The van der Waals surface area contributed by atoms with E-state index in [1.807, 2.05) is 0 Å². The van der Waals surface area contributed by atoms with Gasteiger partial charge in [0, 0.05) is 30.2 Å². The highest BCUT2D eigenvalue weighted by atomic mass is 35.5. The zero-order valence-corrected chi connectivity index (χ0v) is 14.2. The Hall–Kier alpha value is -3.79. The lowest BCUT2D eigenvalue weighted by molar-refractivity contribution is -0.394. The van der Waals surface area contributed by atoms with E-state index >= 15 is 0 Å². The van der Waals surface area contributed by atoms with Crippen LogP contribution in [-0.4, -0.2) is 25.3 Å². The lowest BCUT2D eigenvalue weighted by Crippen LogP contribution is -2.13. The Kier molecular flexibility index (Phi) is 4.81. The summed E-state index contributed by atoms with van der Waals surface area (Å²) in [6.07, 6.45) is 4.84. The van der Waals surface area contributed by atoms with Gasteiger partial charge in [-0.1, -0.05) is 11.6 Å². The van der Waals surface area contributed by atoms with Crippen molar-refractivity contribution in [3.8, 4) is 5.69 Å². The van der Waals surface area contributed by atoms with Crippen LogP contribution in [-0.2, 0) is 0 Å². The summed E-state index contributed by atoms with van der Waals surface area (Å²) in [6.45, 7) is 0. The second-order valence-electron chi connectivity index (χ2n) is 5.34. The second-order valence-corrected chi connectivity index (χ2v) is 5.75. The highest BCUT2D eigenvalue weighted by Gasteiger charge is 2.20. The minimum absolute atomic E-state index is 0.217. The van der Waals surface area contributed by atoms with Gasteiger partial charge in [0.15, 0.2) is 0 Å². The number of non-ortho nitro benzene ring substituents is 2. The second kappa shape index (κ2) is 7.22. The number of amides is 1. The topological polar surface area (TPSA) is 133 Å². The van der Waals surface area contributed by atoms with Gasteiger partial charge in [0.2, 0.25) is 0 Å². The summed E-state index contributed by atoms with van der Waals surface area (Å²) < 4.78 is 1.68. The third kappa shape index (κ3) is 3.90. The third-order valence-electron chi connectivity index (χ3n) is 3.57. The number of nitro benzene ring substituents is 2. The summed E-state index contributed by atoms with van der Waals surface area (Å²) >= 11 is 6.21. The Labute approximate surface area is 156 Å².